The third-order valence-corrected chi connectivity index (χ3v) is 5.19. The molecule has 0 bridgehead atoms. The number of rotatable bonds is 4. The first kappa shape index (κ1) is 14.5. The minimum atomic E-state index is 0.00543. The lowest BCUT2D eigenvalue weighted by atomic mass is 10.2. The molecule has 2 aromatic rings. The molecule has 1 aliphatic rings. The van der Waals surface area contributed by atoms with E-state index in [4.69, 9.17) is 11.6 Å². The van der Waals surface area contributed by atoms with E-state index in [0.29, 0.717) is 16.6 Å². The van der Waals surface area contributed by atoms with Crippen LogP contribution in [-0.2, 0) is 0 Å². The van der Waals surface area contributed by atoms with E-state index in [1.807, 2.05) is 41.6 Å². The first-order valence-corrected chi connectivity index (χ1v) is 8.30. The van der Waals surface area contributed by atoms with Gasteiger partial charge in [0, 0.05) is 29.1 Å². The van der Waals surface area contributed by atoms with Crippen LogP contribution in [0.4, 0.5) is 0 Å². The molecule has 110 valence electrons. The molecule has 1 unspecified atom stereocenters. The maximum absolute atomic E-state index is 12.5. The summed E-state index contributed by atoms with van der Waals surface area (Å²) < 4.78 is 0. The molecular weight excluding hydrogens is 304 g/mol. The first-order chi connectivity index (χ1) is 10.1. The van der Waals surface area contributed by atoms with Crippen LogP contribution in [0.2, 0.25) is 5.02 Å². The molecular formula is C16H17ClN2OS. The second-order valence-corrected chi connectivity index (χ2v) is 6.83. The largest absolute Gasteiger partial charge is 0.337 e. The summed E-state index contributed by atoms with van der Waals surface area (Å²) in [6.07, 6.45) is 2.46. The number of amides is 1. The molecule has 1 saturated carbocycles. The molecule has 1 aliphatic carbocycles. The molecule has 0 spiro atoms. The van der Waals surface area contributed by atoms with Gasteiger partial charge in [0.25, 0.3) is 5.91 Å². The van der Waals surface area contributed by atoms with Crippen LogP contribution in [0, 0.1) is 5.92 Å². The molecule has 1 atom stereocenters. The Hall–Kier alpha value is -1.39. The van der Waals surface area contributed by atoms with Gasteiger partial charge < -0.3 is 4.90 Å². The van der Waals surface area contributed by atoms with Crippen LogP contribution in [0.3, 0.4) is 0 Å². The monoisotopic (exact) mass is 320 g/mol. The van der Waals surface area contributed by atoms with Crippen molar-refractivity contribution in [3.05, 3.63) is 40.4 Å². The fourth-order valence-corrected chi connectivity index (χ4v) is 3.28. The molecule has 21 heavy (non-hydrogen) atoms. The molecule has 5 heteroatoms. The van der Waals surface area contributed by atoms with Gasteiger partial charge >= 0.3 is 0 Å². The third kappa shape index (κ3) is 3.11. The van der Waals surface area contributed by atoms with Gasteiger partial charge in [0.2, 0.25) is 0 Å². The van der Waals surface area contributed by atoms with Gasteiger partial charge in [-0.2, -0.15) is 0 Å². The topological polar surface area (TPSA) is 33.2 Å². The molecule has 0 saturated heterocycles. The van der Waals surface area contributed by atoms with E-state index in [9.17, 15) is 4.79 Å². The number of carbonyl (C=O) groups excluding carboxylic acids is 1. The minimum absolute atomic E-state index is 0.00543. The van der Waals surface area contributed by atoms with Crippen molar-refractivity contribution in [3.8, 4) is 10.6 Å². The van der Waals surface area contributed by atoms with Gasteiger partial charge in [0.1, 0.15) is 10.7 Å². The number of aromatic nitrogens is 1. The highest BCUT2D eigenvalue weighted by molar-refractivity contribution is 7.13. The Balaban J connectivity index is 1.77. The van der Waals surface area contributed by atoms with Crippen LogP contribution in [0.5, 0.6) is 0 Å². The zero-order valence-electron chi connectivity index (χ0n) is 12.0. The van der Waals surface area contributed by atoms with Crippen molar-refractivity contribution in [1.29, 1.82) is 0 Å². The Morgan fingerprint density at radius 1 is 1.38 bits per heavy atom. The summed E-state index contributed by atoms with van der Waals surface area (Å²) in [5.74, 6) is 0.666. The van der Waals surface area contributed by atoms with Crippen molar-refractivity contribution in [3.63, 3.8) is 0 Å². The summed E-state index contributed by atoms with van der Waals surface area (Å²) in [5.41, 5.74) is 1.52. The molecule has 0 radical (unpaired) electrons. The van der Waals surface area contributed by atoms with E-state index in [1.54, 1.807) is 0 Å². The Morgan fingerprint density at radius 3 is 2.67 bits per heavy atom. The van der Waals surface area contributed by atoms with Crippen molar-refractivity contribution >= 4 is 28.8 Å². The van der Waals surface area contributed by atoms with Crippen LogP contribution in [0.1, 0.15) is 30.3 Å². The highest BCUT2D eigenvalue weighted by Crippen LogP contribution is 2.35. The fraction of sp³-hybridized carbons (Fsp3) is 0.375. The normalized spacial score (nSPS) is 15.8. The molecule has 3 nitrogen and oxygen atoms in total. The Bertz CT molecular complexity index is 649. The summed E-state index contributed by atoms with van der Waals surface area (Å²) >= 11 is 7.38. The van der Waals surface area contributed by atoms with E-state index >= 15 is 0 Å². The lowest BCUT2D eigenvalue weighted by Crippen LogP contribution is -2.36. The molecule has 1 aromatic carbocycles. The highest BCUT2D eigenvalue weighted by Gasteiger charge is 2.33. The quantitative estimate of drug-likeness (QED) is 0.840. The highest BCUT2D eigenvalue weighted by atomic mass is 35.5. The smallest absolute Gasteiger partial charge is 0.273 e. The Morgan fingerprint density at radius 2 is 2.05 bits per heavy atom. The molecule has 1 fully saturated rings. The van der Waals surface area contributed by atoms with Crippen molar-refractivity contribution in [2.45, 2.75) is 25.8 Å². The van der Waals surface area contributed by atoms with Gasteiger partial charge in [-0.05, 0) is 37.8 Å². The zero-order valence-corrected chi connectivity index (χ0v) is 13.6. The molecule has 1 amide bonds. The standard InChI is InChI=1S/C16H17ClN2OS/c1-10(11-3-4-11)19(2)16(20)14-9-21-15(18-14)12-5-7-13(17)8-6-12/h5-11H,3-4H2,1-2H3. The van der Waals surface area contributed by atoms with Crippen LogP contribution in [0.15, 0.2) is 29.6 Å². The van der Waals surface area contributed by atoms with Gasteiger partial charge in [0.15, 0.2) is 0 Å². The Labute approximate surface area is 133 Å². The maximum Gasteiger partial charge on any atom is 0.273 e. The molecule has 0 aliphatic heterocycles. The SMILES string of the molecule is CC(C1CC1)N(C)C(=O)c1csc(-c2ccc(Cl)cc2)n1. The van der Waals surface area contributed by atoms with E-state index in [2.05, 4.69) is 11.9 Å². The third-order valence-electron chi connectivity index (χ3n) is 4.05. The van der Waals surface area contributed by atoms with Gasteiger partial charge in [0.05, 0.1) is 0 Å². The summed E-state index contributed by atoms with van der Waals surface area (Å²) in [6, 6.07) is 7.80. The average Bonchev–Trinajstić information content (AvgIpc) is 3.23. The van der Waals surface area contributed by atoms with Crippen molar-refractivity contribution in [2.24, 2.45) is 5.92 Å². The van der Waals surface area contributed by atoms with Crippen LogP contribution in [0.25, 0.3) is 10.6 Å². The van der Waals surface area contributed by atoms with E-state index in [0.717, 1.165) is 10.6 Å². The number of benzene rings is 1. The molecule has 1 heterocycles. The maximum atomic E-state index is 12.5. The minimum Gasteiger partial charge on any atom is -0.337 e. The van der Waals surface area contributed by atoms with Crippen molar-refractivity contribution in [2.75, 3.05) is 7.05 Å². The van der Waals surface area contributed by atoms with Gasteiger partial charge in [-0.15, -0.1) is 11.3 Å². The van der Waals surface area contributed by atoms with Crippen molar-refractivity contribution in [1.82, 2.24) is 9.88 Å². The van der Waals surface area contributed by atoms with Crippen LogP contribution in [-0.4, -0.2) is 28.9 Å². The predicted molar refractivity (Wildman–Crippen MR) is 86.8 cm³/mol. The second-order valence-electron chi connectivity index (χ2n) is 5.54. The summed E-state index contributed by atoms with van der Waals surface area (Å²) in [7, 11) is 1.87. The number of hydrogen-bond acceptors (Lipinski definition) is 3. The number of carbonyl (C=O) groups is 1. The molecule has 1 aromatic heterocycles. The summed E-state index contributed by atoms with van der Waals surface area (Å²) in [5, 5.41) is 3.38. The lowest BCUT2D eigenvalue weighted by molar-refractivity contribution is 0.0722. The number of nitrogens with zero attached hydrogens (tertiary/aromatic N) is 2. The van der Waals surface area contributed by atoms with Gasteiger partial charge in [-0.25, -0.2) is 4.98 Å². The summed E-state index contributed by atoms with van der Waals surface area (Å²) in [6.45, 7) is 2.11. The van der Waals surface area contributed by atoms with Crippen LogP contribution >= 0.6 is 22.9 Å². The molecule has 0 N–H and O–H groups in total. The second kappa shape index (κ2) is 5.78. The fourth-order valence-electron chi connectivity index (χ4n) is 2.36. The van der Waals surface area contributed by atoms with Crippen LogP contribution < -0.4 is 0 Å². The zero-order chi connectivity index (χ0) is 15.0. The van der Waals surface area contributed by atoms with E-state index < -0.39 is 0 Å². The average molecular weight is 321 g/mol. The first-order valence-electron chi connectivity index (χ1n) is 7.05. The number of hydrogen-bond donors (Lipinski definition) is 0. The van der Waals surface area contributed by atoms with Gasteiger partial charge in [-0.1, -0.05) is 23.7 Å². The summed E-state index contributed by atoms with van der Waals surface area (Å²) in [4.78, 5) is 18.8. The van der Waals surface area contributed by atoms with Crippen molar-refractivity contribution < 1.29 is 4.79 Å². The van der Waals surface area contributed by atoms with E-state index in [1.165, 1.54) is 24.2 Å². The van der Waals surface area contributed by atoms with Gasteiger partial charge in [-0.3, -0.25) is 4.79 Å². The van der Waals surface area contributed by atoms with E-state index in [-0.39, 0.29) is 11.9 Å². The predicted octanol–water partition coefficient (Wildman–Crippen LogP) is 4.33. The number of thiazole rings is 1. The molecule has 3 rings (SSSR count). The Kier molecular flexibility index (Phi) is 4.00. The number of halogens is 1. The lowest BCUT2D eigenvalue weighted by Gasteiger charge is -2.23.